The molecule has 0 saturated carbocycles. The molecule has 0 radical (unpaired) electrons. The van der Waals surface area contributed by atoms with Gasteiger partial charge in [-0.15, -0.1) is 22.7 Å². The minimum absolute atomic E-state index is 0.0235. The number of anilines is 3. The Hall–Kier alpha value is -5.22. The lowest BCUT2D eigenvalue weighted by atomic mass is 9.79. The highest BCUT2D eigenvalue weighted by atomic mass is 32.1. The summed E-state index contributed by atoms with van der Waals surface area (Å²) < 4.78 is 5.48. The number of hydrogen-bond acceptors (Lipinski definition) is 3. The van der Waals surface area contributed by atoms with Gasteiger partial charge in [0.05, 0.1) is 0 Å². The van der Waals surface area contributed by atoms with Crippen molar-refractivity contribution in [1.29, 1.82) is 0 Å². The highest BCUT2D eigenvalue weighted by Gasteiger charge is 2.39. The first-order valence-electron chi connectivity index (χ1n) is 21.2. The Labute approximate surface area is 357 Å². The third kappa shape index (κ3) is 5.26. The molecule has 2 heterocycles. The molecule has 0 saturated heterocycles. The van der Waals surface area contributed by atoms with Crippen molar-refractivity contribution in [3.63, 3.8) is 0 Å². The third-order valence-corrected chi connectivity index (χ3v) is 16.1. The molecule has 0 fully saturated rings. The van der Waals surface area contributed by atoms with Gasteiger partial charge in [-0.25, -0.2) is 0 Å². The van der Waals surface area contributed by atoms with E-state index in [-0.39, 0.29) is 21.7 Å². The van der Waals surface area contributed by atoms with E-state index in [0.29, 0.717) is 0 Å². The van der Waals surface area contributed by atoms with Crippen LogP contribution in [0.2, 0.25) is 0 Å². The lowest BCUT2D eigenvalue weighted by Gasteiger charge is -2.29. The summed E-state index contributed by atoms with van der Waals surface area (Å²) in [5.74, 6) is 0. The monoisotopic (exact) mass is 801 g/mol. The fourth-order valence-electron chi connectivity index (χ4n) is 10.4. The summed E-state index contributed by atoms with van der Waals surface area (Å²) in [5.41, 5.74) is 17.3. The van der Waals surface area contributed by atoms with Crippen LogP contribution in [0, 0.1) is 0 Å². The van der Waals surface area contributed by atoms with E-state index < -0.39 is 0 Å². The number of nitrogens with zero attached hydrogens (tertiary/aromatic N) is 1. The highest BCUT2D eigenvalue weighted by molar-refractivity contribution is 7.26. The topological polar surface area (TPSA) is 3.24 Å². The van der Waals surface area contributed by atoms with Crippen molar-refractivity contribution in [2.75, 3.05) is 4.90 Å². The lowest BCUT2D eigenvalue weighted by Crippen LogP contribution is -2.17. The van der Waals surface area contributed by atoms with Gasteiger partial charge in [-0.3, -0.25) is 0 Å². The van der Waals surface area contributed by atoms with Crippen LogP contribution in [0.25, 0.3) is 62.6 Å². The van der Waals surface area contributed by atoms with Gasteiger partial charge in [0.15, 0.2) is 0 Å². The average molecular weight is 802 g/mol. The molecule has 292 valence electrons. The molecule has 0 N–H and O–H groups in total. The fourth-order valence-corrected chi connectivity index (χ4v) is 13.1. The van der Waals surface area contributed by atoms with E-state index in [1.54, 1.807) is 0 Å². The van der Waals surface area contributed by atoms with Gasteiger partial charge >= 0.3 is 0 Å². The molecular weight excluding hydrogens is 751 g/mol. The predicted molar refractivity (Wildman–Crippen MR) is 259 cm³/mol. The summed E-state index contributed by atoms with van der Waals surface area (Å²) in [4.78, 5) is 2.52. The van der Waals surface area contributed by atoms with Crippen LogP contribution in [0.15, 0.2) is 127 Å². The Balaban J connectivity index is 1.16. The highest BCUT2D eigenvalue weighted by Crippen LogP contribution is 2.57. The van der Waals surface area contributed by atoms with E-state index in [1.165, 1.54) is 113 Å². The Morgan fingerprint density at radius 1 is 0.424 bits per heavy atom. The molecule has 11 rings (SSSR count). The molecule has 0 bridgehead atoms. The van der Waals surface area contributed by atoms with Crippen LogP contribution >= 0.6 is 22.7 Å². The van der Waals surface area contributed by atoms with E-state index in [0.717, 1.165) is 0 Å². The Morgan fingerprint density at radius 2 is 1.03 bits per heavy atom. The maximum absolute atomic E-state index is 2.52. The van der Waals surface area contributed by atoms with Gasteiger partial charge < -0.3 is 4.90 Å². The summed E-state index contributed by atoms with van der Waals surface area (Å²) in [5, 5.41) is 5.42. The van der Waals surface area contributed by atoms with E-state index in [9.17, 15) is 0 Å². The molecule has 0 aliphatic heterocycles. The van der Waals surface area contributed by atoms with E-state index in [1.807, 2.05) is 22.7 Å². The molecule has 0 amide bonds. The zero-order valence-electron chi connectivity index (χ0n) is 35.9. The maximum Gasteiger partial charge on any atom is 0.0476 e. The normalized spacial score (nSPS) is 15.2. The SMILES string of the molecule is CC(C)(C)c1cc(C(C)(C)C)c2sc3c4c(ccc3c2c1)C(C)(C)c1ccc(N(c2ccc3c(c2)C(C)(C)c2ccccc2-3)c2ccc3c(c2)sc2ccccc23)cc1-4. The van der Waals surface area contributed by atoms with E-state index in [2.05, 4.69) is 202 Å². The van der Waals surface area contributed by atoms with Crippen LogP contribution in [0.4, 0.5) is 17.1 Å². The van der Waals surface area contributed by atoms with Gasteiger partial charge in [0.1, 0.15) is 0 Å². The van der Waals surface area contributed by atoms with Gasteiger partial charge in [0.25, 0.3) is 0 Å². The molecule has 0 unspecified atom stereocenters. The first-order valence-corrected chi connectivity index (χ1v) is 22.8. The smallest absolute Gasteiger partial charge is 0.0476 e. The van der Waals surface area contributed by atoms with E-state index in [4.69, 9.17) is 0 Å². The van der Waals surface area contributed by atoms with Crippen LogP contribution < -0.4 is 4.90 Å². The van der Waals surface area contributed by atoms with Crippen molar-refractivity contribution in [2.45, 2.75) is 90.9 Å². The van der Waals surface area contributed by atoms with Gasteiger partial charge in [-0.2, -0.15) is 0 Å². The minimum atomic E-state index is -0.124. The number of thiophene rings is 2. The number of benzene rings is 7. The molecule has 7 aromatic carbocycles. The van der Waals surface area contributed by atoms with Crippen molar-refractivity contribution in [2.24, 2.45) is 0 Å². The van der Waals surface area contributed by atoms with Crippen molar-refractivity contribution in [3.05, 3.63) is 161 Å². The Morgan fingerprint density at radius 3 is 1.83 bits per heavy atom. The van der Waals surface area contributed by atoms with Crippen LogP contribution in [0.1, 0.15) is 103 Å². The molecule has 0 spiro atoms. The van der Waals surface area contributed by atoms with Crippen LogP contribution in [-0.4, -0.2) is 0 Å². The quantitative estimate of drug-likeness (QED) is 0.172. The van der Waals surface area contributed by atoms with Gasteiger partial charge in [-0.1, -0.05) is 148 Å². The second kappa shape index (κ2) is 12.2. The van der Waals surface area contributed by atoms with Gasteiger partial charge in [-0.05, 0) is 109 Å². The first kappa shape index (κ1) is 36.8. The van der Waals surface area contributed by atoms with Crippen molar-refractivity contribution in [3.8, 4) is 22.3 Å². The molecule has 2 aliphatic carbocycles. The van der Waals surface area contributed by atoms with Crippen LogP contribution in [0.5, 0.6) is 0 Å². The average Bonchev–Trinajstić information content (AvgIpc) is 3.89. The molecule has 59 heavy (non-hydrogen) atoms. The second-order valence-corrected chi connectivity index (χ2v) is 22.3. The Bertz CT molecular complexity index is 3240. The summed E-state index contributed by atoms with van der Waals surface area (Å²) in [6.07, 6.45) is 0. The first-order chi connectivity index (χ1) is 28.0. The number of rotatable bonds is 3. The molecule has 2 aliphatic rings. The third-order valence-electron chi connectivity index (χ3n) is 13.7. The molecule has 9 aromatic rings. The molecule has 1 nitrogen and oxygen atoms in total. The van der Waals surface area contributed by atoms with Crippen molar-refractivity contribution < 1.29 is 0 Å². The van der Waals surface area contributed by atoms with Gasteiger partial charge in [0, 0.05) is 73.8 Å². The summed E-state index contributed by atoms with van der Waals surface area (Å²) >= 11 is 3.90. The minimum Gasteiger partial charge on any atom is -0.310 e. The number of hydrogen-bond donors (Lipinski definition) is 0. The molecule has 2 aromatic heterocycles. The van der Waals surface area contributed by atoms with Gasteiger partial charge in [0.2, 0.25) is 0 Å². The van der Waals surface area contributed by atoms with Crippen molar-refractivity contribution >= 4 is 80.1 Å². The molecular formula is C56H51NS2. The summed E-state index contributed by atoms with van der Waals surface area (Å²) in [7, 11) is 0. The lowest BCUT2D eigenvalue weighted by molar-refractivity contribution is 0.573. The second-order valence-electron chi connectivity index (χ2n) is 20.2. The van der Waals surface area contributed by atoms with E-state index >= 15 is 0 Å². The zero-order valence-corrected chi connectivity index (χ0v) is 37.5. The summed E-state index contributed by atoms with van der Waals surface area (Å²) in [6, 6.07) is 49.3. The largest absolute Gasteiger partial charge is 0.310 e. The van der Waals surface area contributed by atoms with Crippen LogP contribution in [-0.2, 0) is 21.7 Å². The van der Waals surface area contributed by atoms with Crippen molar-refractivity contribution in [1.82, 2.24) is 0 Å². The standard InChI is InChI=1S/C56H51NS2/c1-53(2,3)32-27-41-40-24-26-45-50(52(40)59-51(41)47(28-32)54(4,5)6)42-29-33(21-25-44(42)55(45,7)8)57(35-20-23-39-38-16-12-14-18-48(38)58-49(39)31-35)34-19-22-37-36-15-11-13-17-43(36)56(9,10)46(37)30-34/h11-31H,1-10H3. The maximum atomic E-state index is 2.52. The predicted octanol–water partition coefficient (Wildman–Crippen LogP) is 17.1. The zero-order chi connectivity index (χ0) is 41.0. The number of fused-ring (bicyclic) bond motifs is 13. The Kier molecular flexibility index (Phi) is 7.60. The molecule has 3 heteroatoms. The molecule has 0 atom stereocenters. The fraction of sp³-hybridized carbons (Fsp3) is 0.250. The van der Waals surface area contributed by atoms with Crippen LogP contribution in [0.3, 0.4) is 0 Å². The summed E-state index contributed by atoms with van der Waals surface area (Å²) in [6.45, 7) is 23.8.